The molecule has 1 aliphatic heterocycles. The lowest BCUT2D eigenvalue weighted by Crippen LogP contribution is -2.52. The summed E-state index contributed by atoms with van der Waals surface area (Å²) in [6.45, 7) is 5.37. The van der Waals surface area contributed by atoms with E-state index in [-0.39, 0.29) is 36.1 Å². The van der Waals surface area contributed by atoms with Gasteiger partial charge in [0, 0.05) is 24.6 Å². The molecule has 0 radical (unpaired) electrons. The van der Waals surface area contributed by atoms with Gasteiger partial charge < -0.3 is 16.0 Å². The fourth-order valence-corrected chi connectivity index (χ4v) is 3.00. The summed E-state index contributed by atoms with van der Waals surface area (Å²) in [5.74, 6) is -1.04. The second-order valence-electron chi connectivity index (χ2n) is 6.55. The van der Waals surface area contributed by atoms with E-state index in [0.29, 0.717) is 36.0 Å². The van der Waals surface area contributed by atoms with Crippen LogP contribution in [0.3, 0.4) is 0 Å². The summed E-state index contributed by atoms with van der Waals surface area (Å²) in [5, 5.41) is 8.20. The molecule has 3 N–H and O–H groups in total. The Morgan fingerprint density at radius 2 is 1.96 bits per heavy atom. The Morgan fingerprint density at radius 1 is 1.32 bits per heavy atom. The lowest BCUT2D eigenvalue weighted by molar-refractivity contribution is -0.131. The van der Waals surface area contributed by atoms with Crippen LogP contribution in [0.5, 0.6) is 0 Å². The van der Waals surface area contributed by atoms with Crippen molar-refractivity contribution in [1.29, 1.82) is 0 Å². The van der Waals surface area contributed by atoms with Crippen molar-refractivity contribution in [3.05, 3.63) is 34.6 Å². The monoisotopic (exact) mass is 349 g/mol. The summed E-state index contributed by atoms with van der Waals surface area (Å²) in [4.78, 5) is 35.8. The summed E-state index contributed by atoms with van der Waals surface area (Å²) in [5.41, 5.74) is 1.58. The number of aryl methyl sites for hydroxylation is 2. The summed E-state index contributed by atoms with van der Waals surface area (Å²) in [6.07, 6.45) is 1.76. The molecule has 1 heterocycles. The lowest BCUT2D eigenvalue weighted by atomic mass is 10.0. The number of benzene rings is 1. The second-order valence-corrected chi connectivity index (χ2v) is 6.55. The highest BCUT2D eigenvalue weighted by Crippen LogP contribution is 2.15. The Morgan fingerprint density at radius 3 is 2.56 bits per heavy atom. The molecule has 1 fully saturated rings. The second kappa shape index (κ2) is 8.09. The molecule has 2 atom stereocenters. The van der Waals surface area contributed by atoms with Gasteiger partial charge in [0.15, 0.2) is 0 Å². The van der Waals surface area contributed by atoms with Crippen molar-refractivity contribution in [3.8, 4) is 0 Å². The summed E-state index contributed by atoms with van der Waals surface area (Å²) < 4.78 is 13.3. The molecule has 0 aromatic heterocycles. The van der Waals surface area contributed by atoms with E-state index in [1.54, 1.807) is 20.8 Å². The molecule has 0 spiro atoms. The molecule has 2 rings (SSSR count). The first-order chi connectivity index (χ1) is 11.8. The van der Waals surface area contributed by atoms with Crippen molar-refractivity contribution in [2.45, 2.75) is 52.1 Å². The summed E-state index contributed by atoms with van der Waals surface area (Å²) >= 11 is 0. The van der Waals surface area contributed by atoms with Crippen LogP contribution in [0.1, 0.15) is 47.7 Å². The van der Waals surface area contributed by atoms with Gasteiger partial charge in [-0.2, -0.15) is 0 Å². The minimum atomic E-state index is -0.513. The van der Waals surface area contributed by atoms with Crippen LogP contribution in [0.25, 0.3) is 0 Å². The van der Waals surface area contributed by atoms with Crippen LogP contribution in [-0.4, -0.2) is 36.3 Å². The van der Waals surface area contributed by atoms with Gasteiger partial charge in [0.2, 0.25) is 11.8 Å². The number of carbonyl (C=O) groups excluding carboxylic acids is 3. The van der Waals surface area contributed by atoms with Crippen LogP contribution in [0.4, 0.5) is 4.39 Å². The van der Waals surface area contributed by atoms with Gasteiger partial charge in [0.25, 0.3) is 5.91 Å². The number of rotatable bonds is 5. The highest BCUT2D eigenvalue weighted by molar-refractivity contribution is 5.97. The fourth-order valence-electron chi connectivity index (χ4n) is 3.00. The molecule has 1 aromatic rings. The number of amides is 3. The molecule has 1 aliphatic rings. The van der Waals surface area contributed by atoms with E-state index >= 15 is 0 Å². The van der Waals surface area contributed by atoms with Crippen molar-refractivity contribution in [2.75, 3.05) is 6.54 Å². The van der Waals surface area contributed by atoms with Gasteiger partial charge in [-0.1, -0.05) is 0 Å². The summed E-state index contributed by atoms with van der Waals surface area (Å²) in [7, 11) is 0. The Balaban J connectivity index is 1.87. The van der Waals surface area contributed by atoms with E-state index < -0.39 is 6.04 Å². The molecular weight excluding hydrogens is 325 g/mol. The van der Waals surface area contributed by atoms with Crippen molar-refractivity contribution in [2.24, 2.45) is 0 Å². The third-order valence-corrected chi connectivity index (χ3v) is 4.23. The molecule has 0 bridgehead atoms. The maximum Gasteiger partial charge on any atom is 0.251 e. The normalized spacial score (nSPS) is 18.2. The zero-order valence-corrected chi connectivity index (χ0v) is 14.7. The van der Waals surface area contributed by atoms with Crippen molar-refractivity contribution in [3.63, 3.8) is 0 Å². The van der Waals surface area contributed by atoms with Gasteiger partial charge in [0.05, 0.1) is 0 Å². The minimum Gasteiger partial charge on any atom is -0.350 e. The van der Waals surface area contributed by atoms with E-state index in [9.17, 15) is 18.8 Å². The molecule has 7 heteroatoms. The smallest absolute Gasteiger partial charge is 0.251 e. The molecule has 1 saturated heterocycles. The quantitative estimate of drug-likeness (QED) is 0.750. The van der Waals surface area contributed by atoms with Crippen molar-refractivity contribution < 1.29 is 18.8 Å². The first-order valence-electron chi connectivity index (χ1n) is 8.42. The van der Waals surface area contributed by atoms with Crippen LogP contribution in [-0.2, 0) is 9.59 Å². The zero-order valence-electron chi connectivity index (χ0n) is 14.7. The molecule has 1 aromatic carbocycles. The predicted octanol–water partition coefficient (Wildman–Crippen LogP) is 1.35. The van der Waals surface area contributed by atoms with E-state index in [0.717, 1.165) is 0 Å². The van der Waals surface area contributed by atoms with Crippen molar-refractivity contribution >= 4 is 17.7 Å². The number of hydrogen-bond donors (Lipinski definition) is 3. The number of halogens is 1. The Hall–Kier alpha value is -2.44. The number of carbonyl (C=O) groups is 3. The number of hydrogen-bond acceptors (Lipinski definition) is 3. The van der Waals surface area contributed by atoms with Crippen molar-refractivity contribution in [1.82, 2.24) is 16.0 Å². The van der Waals surface area contributed by atoms with Crippen LogP contribution < -0.4 is 16.0 Å². The van der Waals surface area contributed by atoms with Crippen LogP contribution in [0.15, 0.2) is 12.1 Å². The Bertz CT molecular complexity index is 667. The van der Waals surface area contributed by atoms with Gasteiger partial charge >= 0.3 is 0 Å². The number of nitrogens with one attached hydrogen (secondary N) is 3. The molecule has 0 aliphatic carbocycles. The predicted molar refractivity (Wildman–Crippen MR) is 91.6 cm³/mol. The standard InChI is InChI=1S/C18H24FN3O3/c1-10-7-13(19)8-11(2)16(10)18(25)20-9-12(3)21-17(24)14-5-4-6-15(23)22-14/h7-8,12,14H,4-6,9H2,1-3H3,(H,20,25)(H,21,24)(H,22,23)/t12-,14+/m0/s1. The minimum absolute atomic E-state index is 0.116. The third-order valence-electron chi connectivity index (χ3n) is 4.23. The van der Waals surface area contributed by atoms with E-state index in [2.05, 4.69) is 16.0 Å². The van der Waals surface area contributed by atoms with Crippen LogP contribution in [0, 0.1) is 19.7 Å². The Kier molecular flexibility index (Phi) is 6.12. The maximum atomic E-state index is 13.3. The average molecular weight is 349 g/mol. The molecule has 0 saturated carbocycles. The Labute approximate surface area is 146 Å². The molecule has 0 unspecified atom stereocenters. The first-order valence-corrected chi connectivity index (χ1v) is 8.42. The van der Waals surface area contributed by atoms with Gasteiger partial charge in [-0.05, 0) is 56.9 Å². The third kappa shape index (κ3) is 5.01. The van der Waals surface area contributed by atoms with E-state index in [4.69, 9.17) is 0 Å². The van der Waals surface area contributed by atoms with Crippen LogP contribution in [0.2, 0.25) is 0 Å². The average Bonchev–Trinajstić information content (AvgIpc) is 2.52. The topological polar surface area (TPSA) is 87.3 Å². The highest BCUT2D eigenvalue weighted by Gasteiger charge is 2.25. The van der Waals surface area contributed by atoms with Crippen LogP contribution >= 0.6 is 0 Å². The molecule has 136 valence electrons. The van der Waals surface area contributed by atoms with Gasteiger partial charge in [-0.15, -0.1) is 0 Å². The highest BCUT2D eigenvalue weighted by atomic mass is 19.1. The molecular formula is C18H24FN3O3. The molecule has 6 nitrogen and oxygen atoms in total. The number of piperidine rings is 1. The maximum absolute atomic E-state index is 13.3. The fraction of sp³-hybridized carbons (Fsp3) is 0.500. The SMILES string of the molecule is Cc1cc(F)cc(C)c1C(=O)NC[C@H](C)NC(=O)[C@H]1CCCC(=O)N1. The molecule has 25 heavy (non-hydrogen) atoms. The van der Waals surface area contributed by atoms with Gasteiger partial charge in [0.1, 0.15) is 11.9 Å². The largest absolute Gasteiger partial charge is 0.350 e. The van der Waals surface area contributed by atoms with Gasteiger partial charge in [-0.3, -0.25) is 14.4 Å². The van der Waals surface area contributed by atoms with Gasteiger partial charge in [-0.25, -0.2) is 4.39 Å². The van der Waals surface area contributed by atoms with E-state index in [1.165, 1.54) is 12.1 Å². The summed E-state index contributed by atoms with van der Waals surface area (Å²) in [6, 6.07) is 1.83. The first kappa shape index (κ1) is 18.9. The molecule has 3 amide bonds. The van der Waals surface area contributed by atoms with E-state index in [1.807, 2.05) is 0 Å². The lowest BCUT2D eigenvalue weighted by Gasteiger charge is -2.24. The zero-order chi connectivity index (χ0) is 18.6.